The zero-order valence-corrected chi connectivity index (χ0v) is 33.2. The molecule has 292 valence electrons. The highest BCUT2D eigenvalue weighted by atomic mass is 16.6. The average molecular weight is 705 g/mol. The van der Waals surface area contributed by atoms with Gasteiger partial charge in [0.25, 0.3) is 0 Å². The highest BCUT2D eigenvalue weighted by Gasteiger charge is 2.19. The smallest absolute Gasteiger partial charge is 0.306 e. The summed E-state index contributed by atoms with van der Waals surface area (Å²) >= 11 is 0. The monoisotopic (exact) mass is 705 g/mol. The molecule has 1 unspecified atom stereocenters. The summed E-state index contributed by atoms with van der Waals surface area (Å²) in [6.45, 7) is 6.52. The van der Waals surface area contributed by atoms with Gasteiger partial charge in [0.05, 0.1) is 0 Å². The summed E-state index contributed by atoms with van der Waals surface area (Å²) in [5.41, 5.74) is 0. The second-order valence-corrected chi connectivity index (χ2v) is 14.3. The van der Waals surface area contributed by atoms with Crippen LogP contribution in [0.15, 0.2) is 24.3 Å². The molecule has 0 aliphatic heterocycles. The van der Waals surface area contributed by atoms with E-state index in [0.717, 1.165) is 83.5 Å². The summed E-state index contributed by atoms with van der Waals surface area (Å²) in [7, 11) is 0. The first-order valence-electron chi connectivity index (χ1n) is 21.3. The normalized spacial score (nSPS) is 12.1. The first-order valence-corrected chi connectivity index (χ1v) is 21.3. The van der Waals surface area contributed by atoms with E-state index >= 15 is 0 Å². The Morgan fingerprint density at radius 3 is 1.18 bits per heavy atom. The minimum absolute atomic E-state index is 0.0726. The van der Waals surface area contributed by atoms with Crippen molar-refractivity contribution in [2.75, 3.05) is 13.2 Å². The number of hydrogen-bond acceptors (Lipinski definition) is 6. The zero-order valence-electron chi connectivity index (χ0n) is 33.2. The van der Waals surface area contributed by atoms with Gasteiger partial charge in [-0.1, -0.05) is 180 Å². The molecule has 6 nitrogen and oxygen atoms in total. The van der Waals surface area contributed by atoms with Crippen molar-refractivity contribution in [3.8, 4) is 0 Å². The van der Waals surface area contributed by atoms with Crippen LogP contribution in [-0.2, 0) is 28.6 Å². The Bertz CT molecular complexity index is 819. The molecule has 0 saturated heterocycles. The van der Waals surface area contributed by atoms with Gasteiger partial charge in [-0.2, -0.15) is 0 Å². The van der Waals surface area contributed by atoms with Gasteiger partial charge in [-0.25, -0.2) is 0 Å². The van der Waals surface area contributed by atoms with Crippen molar-refractivity contribution in [3.05, 3.63) is 24.3 Å². The SMILES string of the molecule is CCC/C=C\C/C=C\CCCCCCCC(=O)OCC(COC(=O)CCCCCCCCCCC)OC(=O)CCCCCCCCCCCC. The summed E-state index contributed by atoms with van der Waals surface area (Å²) in [5, 5.41) is 0. The van der Waals surface area contributed by atoms with Gasteiger partial charge >= 0.3 is 17.9 Å². The van der Waals surface area contributed by atoms with Gasteiger partial charge in [0.2, 0.25) is 0 Å². The fourth-order valence-corrected chi connectivity index (χ4v) is 5.95. The Labute approximate surface area is 309 Å². The van der Waals surface area contributed by atoms with E-state index in [2.05, 4.69) is 45.1 Å². The van der Waals surface area contributed by atoms with Crippen LogP contribution in [0.2, 0.25) is 0 Å². The molecule has 0 amide bonds. The molecule has 0 bridgehead atoms. The molecule has 0 heterocycles. The van der Waals surface area contributed by atoms with Gasteiger partial charge in [0.15, 0.2) is 6.10 Å². The van der Waals surface area contributed by atoms with E-state index in [1.165, 1.54) is 96.3 Å². The van der Waals surface area contributed by atoms with Crippen LogP contribution in [0.4, 0.5) is 0 Å². The quantitative estimate of drug-likeness (QED) is 0.0275. The van der Waals surface area contributed by atoms with Crippen molar-refractivity contribution in [3.63, 3.8) is 0 Å². The lowest BCUT2D eigenvalue weighted by Crippen LogP contribution is -2.30. The van der Waals surface area contributed by atoms with Crippen LogP contribution in [0.3, 0.4) is 0 Å². The van der Waals surface area contributed by atoms with Crippen molar-refractivity contribution >= 4 is 17.9 Å². The minimum Gasteiger partial charge on any atom is -0.462 e. The highest BCUT2D eigenvalue weighted by Crippen LogP contribution is 2.14. The number of ether oxygens (including phenoxy) is 3. The van der Waals surface area contributed by atoms with E-state index in [9.17, 15) is 14.4 Å². The first kappa shape index (κ1) is 47.9. The van der Waals surface area contributed by atoms with Gasteiger partial charge in [-0.05, 0) is 44.9 Å². The molecule has 0 saturated carbocycles. The molecular weight excluding hydrogens is 624 g/mol. The summed E-state index contributed by atoms with van der Waals surface area (Å²) in [6, 6.07) is 0. The molecule has 0 rings (SSSR count). The van der Waals surface area contributed by atoms with Gasteiger partial charge < -0.3 is 14.2 Å². The second kappa shape index (κ2) is 39.7. The number of hydrogen-bond donors (Lipinski definition) is 0. The second-order valence-electron chi connectivity index (χ2n) is 14.3. The maximum Gasteiger partial charge on any atom is 0.306 e. The van der Waals surface area contributed by atoms with E-state index < -0.39 is 6.10 Å². The van der Waals surface area contributed by atoms with Crippen LogP contribution >= 0.6 is 0 Å². The largest absolute Gasteiger partial charge is 0.462 e. The third-order valence-corrected chi connectivity index (χ3v) is 9.19. The number of esters is 3. The van der Waals surface area contributed by atoms with Crippen molar-refractivity contribution < 1.29 is 28.6 Å². The lowest BCUT2D eigenvalue weighted by atomic mass is 10.1. The molecule has 0 radical (unpaired) electrons. The lowest BCUT2D eigenvalue weighted by Gasteiger charge is -2.18. The lowest BCUT2D eigenvalue weighted by molar-refractivity contribution is -0.167. The molecule has 50 heavy (non-hydrogen) atoms. The van der Waals surface area contributed by atoms with E-state index in [1.807, 2.05) is 0 Å². The Hall–Kier alpha value is -2.11. The van der Waals surface area contributed by atoms with Crippen LogP contribution < -0.4 is 0 Å². The zero-order chi connectivity index (χ0) is 36.6. The Balaban J connectivity index is 4.36. The van der Waals surface area contributed by atoms with Crippen LogP contribution in [0.5, 0.6) is 0 Å². The Morgan fingerprint density at radius 2 is 0.760 bits per heavy atom. The molecule has 0 aliphatic rings. The molecule has 0 aromatic carbocycles. The summed E-state index contributed by atoms with van der Waals surface area (Å²) in [4.78, 5) is 37.5. The van der Waals surface area contributed by atoms with E-state index in [-0.39, 0.29) is 31.1 Å². The maximum absolute atomic E-state index is 12.6. The van der Waals surface area contributed by atoms with E-state index in [1.54, 1.807) is 0 Å². The molecular formula is C44H80O6. The van der Waals surface area contributed by atoms with Crippen LogP contribution in [0.25, 0.3) is 0 Å². The molecule has 1 atom stereocenters. The molecule has 0 spiro atoms. The van der Waals surface area contributed by atoms with Crippen molar-refractivity contribution in [2.24, 2.45) is 0 Å². The summed E-state index contributed by atoms with van der Waals surface area (Å²) in [6.07, 6.45) is 41.6. The number of unbranched alkanes of at least 4 members (excludes halogenated alkanes) is 23. The predicted octanol–water partition coefficient (Wildman–Crippen LogP) is 13.2. The molecule has 0 N–H and O–H groups in total. The predicted molar refractivity (Wildman–Crippen MR) is 210 cm³/mol. The summed E-state index contributed by atoms with van der Waals surface area (Å²) in [5.74, 6) is -0.890. The topological polar surface area (TPSA) is 78.9 Å². The maximum atomic E-state index is 12.6. The van der Waals surface area contributed by atoms with E-state index in [0.29, 0.717) is 19.3 Å². The number of allylic oxidation sites excluding steroid dienone is 4. The van der Waals surface area contributed by atoms with Crippen LogP contribution in [-0.4, -0.2) is 37.2 Å². The van der Waals surface area contributed by atoms with Gasteiger partial charge in [-0.3, -0.25) is 14.4 Å². The third-order valence-electron chi connectivity index (χ3n) is 9.19. The summed E-state index contributed by atoms with van der Waals surface area (Å²) < 4.78 is 16.6. The van der Waals surface area contributed by atoms with Gasteiger partial charge in [0, 0.05) is 19.3 Å². The molecule has 0 aromatic rings. The molecule has 6 heteroatoms. The fraction of sp³-hybridized carbons (Fsp3) is 0.841. The Kier molecular flexibility index (Phi) is 38.0. The average Bonchev–Trinajstić information content (AvgIpc) is 3.11. The van der Waals surface area contributed by atoms with Crippen LogP contribution in [0, 0.1) is 0 Å². The number of carbonyl (C=O) groups is 3. The van der Waals surface area contributed by atoms with Crippen molar-refractivity contribution in [2.45, 2.75) is 226 Å². The first-order chi connectivity index (χ1) is 24.5. The van der Waals surface area contributed by atoms with Crippen molar-refractivity contribution in [1.29, 1.82) is 0 Å². The van der Waals surface area contributed by atoms with E-state index in [4.69, 9.17) is 14.2 Å². The minimum atomic E-state index is -0.767. The number of carbonyl (C=O) groups excluding carboxylic acids is 3. The third kappa shape index (κ3) is 37.2. The standard InChI is InChI=1S/C44H80O6/c1-4-7-10-13-16-19-21-22-23-26-28-31-34-37-43(46)49-40-41(39-48-42(45)36-33-30-27-24-18-15-12-9-6-3)50-44(47)38-35-32-29-25-20-17-14-11-8-5-2/h10,13,19,21,41H,4-9,11-12,14-18,20,22-40H2,1-3H3/b13-10-,21-19-. The van der Waals surface area contributed by atoms with Crippen LogP contribution in [0.1, 0.15) is 220 Å². The number of rotatable bonds is 38. The van der Waals surface area contributed by atoms with Crippen molar-refractivity contribution in [1.82, 2.24) is 0 Å². The Morgan fingerprint density at radius 1 is 0.400 bits per heavy atom. The highest BCUT2D eigenvalue weighted by molar-refractivity contribution is 5.71. The fourth-order valence-electron chi connectivity index (χ4n) is 5.95. The van der Waals surface area contributed by atoms with Gasteiger partial charge in [0.1, 0.15) is 13.2 Å². The van der Waals surface area contributed by atoms with Gasteiger partial charge in [-0.15, -0.1) is 0 Å². The molecule has 0 fully saturated rings. The molecule has 0 aromatic heterocycles. The molecule has 0 aliphatic carbocycles.